The number of hydrogen-bond acceptors (Lipinski definition) is 3. The molecule has 0 bridgehead atoms. The number of halogens is 1. The van der Waals surface area contributed by atoms with Gasteiger partial charge in [0.25, 0.3) is 0 Å². The molecular formula is C12H12FNO2. The van der Waals surface area contributed by atoms with Crippen LogP contribution in [0.1, 0.15) is 24.5 Å². The van der Waals surface area contributed by atoms with Crippen molar-refractivity contribution in [2.45, 2.75) is 25.6 Å². The highest BCUT2D eigenvalue weighted by Crippen LogP contribution is 2.32. The minimum absolute atomic E-state index is 0.361. The monoisotopic (exact) mass is 221 g/mol. The number of fused-ring (bicyclic) bond motifs is 1. The number of rotatable bonds is 2. The lowest BCUT2D eigenvalue weighted by molar-refractivity contribution is 0.205. The van der Waals surface area contributed by atoms with Crippen molar-refractivity contribution < 1.29 is 13.9 Å². The van der Waals surface area contributed by atoms with Gasteiger partial charge in [-0.2, -0.15) is 4.99 Å². The molecule has 0 amide bonds. The second kappa shape index (κ2) is 4.06. The Morgan fingerprint density at radius 1 is 1.56 bits per heavy atom. The predicted molar refractivity (Wildman–Crippen MR) is 56.8 cm³/mol. The van der Waals surface area contributed by atoms with Crippen molar-refractivity contribution >= 4 is 6.08 Å². The molecule has 3 nitrogen and oxygen atoms in total. The van der Waals surface area contributed by atoms with Crippen molar-refractivity contribution in [3.05, 3.63) is 29.3 Å². The molecular weight excluding hydrogens is 209 g/mol. The maximum atomic E-state index is 13.9. The molecule has 84 valence electrons. The summed E-state index contributed by atoms with van der Waals surface area (Å²) in [5, 5.41) is 0. The van der Waals surface area contributed by atoms with Crippen LogP contribution in [0, 0.1) is 0 Å². The van der Waals surface area contributed by atoms with Gasteiger partial charge in [0.05, 0.1) is 6.61 Å². The largest absolute Gasteiger partial charge is 0.493 e. The van der Waals surface area contributed by atoms with Crippen LogP contribution in [0.2, 0.25) is 0 Å². The van der Waals surface area contributed by atoms with Crippen molar-refractivity contribution in [3.8, 4) is 5.75 Å². The molecule has 0 spiro atoms. The van der Waals surface area contributed by atoms with Gasteiger partial charge in [-0.15, -0.1) is 0 Å². The molecule has 1 unspecified atom stereocenters. The third-order valence-electron chi connectivity index (χ3n) is 2.69. The van der Waals surface area contributed by atoms with E-state index in [0.29, 0.717) is 12.2 Å². The number of benzene rings is 1. The second-order valence-electron chi connectivity index (χ2n) is 3.93. The number of aliphatic imine (C=N–C) groups is 1. The molecule has 0 fully saturated rings. The summed E-state index contributed by atoms with van der Waals surface area (Å²) in [7, 11) is 0. The van der Waals surface area contributed by atoms with E-state index in [2.05, 4.69) is 4.99 Å². The van der Waals surface area contributed by atoms with Gasteiger partial charge in [0, 0.05) is 5.56 Å². The first-order valence-corrected chi connectivity index (χ1v) is 5.17. The fraction of sp³-hybridized carbons (Fsp3) is 0.417. The first-order valence-electron chi connectivity index (χ1n) is 5.17. The SMILES string of the molecule is CC(F)(N=C=O)c1ccc2c(c1)CCCO2. The van der Waals surface area contributed by atoms with E-state index >= 15 is 0 Å². The predicted octanol–water partition coefficient (Wildman–Crippen LogP) is 2.49. The Bertz CT molecular complexity index is 450. The minimum Gasteiger partial charge on any atom is -0.493 e. The summed E-state index contributed by atoms with van der Waals surface area (Å²) in [6.07, 6.45) is 3.05. The number of aryl methyl sites for hydroxylation is 1. The number of isocyanates is 1. The Morgan fingerprint density at radius 2 is 2.38 bits per heavy atom. The molecule has 0 aliphatic carbocycles. The van der Waals surface area contributed by atoms with Crippen molar-refractivity contribution in [1.29, 1.82) is 0 Å². The van der Waals surface area contributed by atoms with E-state index in [-0.39, 0.29) is 0 Å². The molecule has 1 heterocycles. The number of carbonyl (C=O) groups excluding carboxylic acids is 1. The van der Waals surface area contributed by atoms with Crippen molar-refractivity contribution in [3.63, 3.8) is 0 Å². The molecule has 1 aromatic carbocycles. The molecule has 0 aromatic heterocycles. The summed E-state index contributed by atoms with van der Waals surface area (Å²) in [6, 6.07) is 5.02. The third-order valence-corrected chi connectivity index (χ3v) is 2.69. The van der Waals surface area contributed by atoms with Gasteiger partial charge >= 0.3 is 0 Å². The van der Waals surface area contributed by atoms with Crippen molar-refractivity contribution in [2.24, 2.45) is 4.99 Å². The van der Waals surface area contributed by atoms with Gasteiger partial charge < -0.3 is 4.74 Å². The molecule has 0 radical (unpaired) electrons. The Morgan fingerprint density at radius 3 is 3.12 bits per heavy atom. The van der Waals surface area contributed by atoms with E-state index in [9.17, 15) is 9.18 Å². The van der Waals surface area contributed by atoms with Gasteiger partial charge in [-0.05, 0) is 37.5 Å². The Balaban J connectivity index is 2.40. The van der Waals surface area contributed by atoms with Crippen LogP contribution in [0.15, 0.2) is 23.2 Å². The summed E-state index contributed by atoms with van der Waals surface area (Å²) < 4.78 is 19.3. The van der Waals surface area contributed by atoms with Gasteiger partial charge in [0.1, 0.15) is 5.75 Å². The summed E-state index contributed by atoms with van der Waals surface area (Å²) in [5.74, 6) is -1.21. The van der Waals surface area contributed by atoms with E-state index in [1.807, 2.05) is 0 Å². The molecule has 1 atom stereocenters. The van der Waals surface area contributed by atoms with Gasteiger partial charge in [0.2, 0.25) is 11.9 Å². The third kappa shape index (κ3) is 1.97. The Kier molecular flexibility index (Phi) is 2.75. The van der Waals surface area contributed by atoms with E-state index in [1.54, 1.807) is 18.2 Å². The van der Waals surface area contributed by atoms with E-state index in [4.69, 9.17) is 4.74 Å². The lowest BCUT2D eigenvalue weighted by atomic mass is 9.99. The van der Waals surface area contributed by atoms with E-state index < -0.39 is 5.79 Å². The molecule has 0 saturated heterocycles. The first-order chi connectivity index (χ1) is 7.63. The fourth-order valence-electron chi connectivity index (χ4n) is 1.79. The van der Waals surface area contributed by atoms with Crippen LogP contribution in [0.5, 0.6) is 5.75 Å². The molecule has 1 aromatic rings. The average molecular weight is 221 g/mol. The zero-order chi connectivity index (χ0) is 11.6. The van der Waals surface area contributed by atoms with Gasteiger partial charge in [-0.25, -0.2) is 9.18 Å². The molecule has 1 aliphatic heterocycles. The van der Waals surface area contributed by atoms with Gasteiger partial charge in [0.15, 0.2) is 0 Å². The number of ether oxygens (including phenoxy) is 1. The van der Waals surface area contributed by atoms with Gasteiger partial charge in [-0.1, -0.05) is 6.07 Å². The lowest BCUT2D eigenvalue weighted by Gasteiger charge is -2.20. The minimum atomic E-state index is -2.01. The topological polar surface area (TPSA) is 38.7 Å². The number of nitrogens with zero attached hydrogens (tertiary/aromatic N) is 1. The summed E-state index contributed by atoms with van der Waals surface area (Å²) in [5.41, 5.74) is 1.33. The van der Waals surface area contributed by atoms with Gasteiger partial charge in [-0.3, -0.25) is 0 Å². The zero-order valence-electron chi connectivity index (χ0n) is 9.00. The van der Waals surface area contributed by atoms with Crippen LogP contribution in [0.3, 0.4) is 0 Å². The first kappa shape index (κ1) is 10.8. The van der Waals surface area contributed by atoms with Crippen LogP contribution in [0.25, 0.3) is 0 Å². The summed E-state index contributed by atoms with van der Waals surface area (Å²) in [6.45, 7) is 1.94. The maximum Gasteiger partial charge on any atom is 0.238 e. The molecule has 2 rings (SSSR count). The molecule has 4 heteroatoms. The van der Waals surface area contributed by atoms with Crippen LogP contribution in [-0.4, -0.2) is 12.7 Å². The smallest absolute Gasteiger partial charge is 0.238 e. The molecule has 1 aliphatic rings. The highest BCUT2D eigenvalue weighted by molar-refractivity contribution is 5.42. The lowest BCUT2D eigenvalue weighted by Crippen LogP contribution is -2.14. The second-order valence-corrected chi connectivity index (χ2v) is 3.93. The summed E-state index contributed by atoms with van der Waals surface area (Å²) >= 11 is 0. The molecule has 0 saturated carbocycles. The normalized spacial score (nSPS) is 17.6. The molecule has 0 N–H and O–H groups in total. The van der Waals surface area contributed by atoms with Crippen LogP contribution in [-0.2, 0) is 17.0 Å². The highest BCUT2D eigenvalue weighted by Gasteiger charge is 2.26. The van der Waals surface area contributed by atoms with Crippen LogP contribution < -0.4 is 4.74 Å². The van der Waals surface area contributed by atoms with Crippen molar-refractivity contribution in [2.75, 3.05) is 6.61 Å². The van der Waals surface area contributed by atoms with Crippen LogP contribution >= 0.6 is 0 Å². The quantitative estimate of drug-likeness (QED) is 0.437. The standard InChI is InChI=1S/C12H12FNO2/c1-12(13,14-8-15)10-4-5-11-9(7-10)3-2-6-16-11/h4-5,7H,2-3,6H2,1H3. The van der Waals surface area contributed by atoms with Crippen LogP contribution in [0.4, 0.5) is 4.39 Å². The van der Waals surface area contributed by atoms with Crippen molar-refractivity contribution in [1.82, 2.24) is 0 Å². The molecule has 16 heavy (non-hydrogen) atoms. The summed E-state index contributed by atoms with van der Waals surface area (Å²) in [4.78, 5) is 13.3. The highest BCUT2D eigenvalue weighted by atomic mass is 19.1. The number of hydrogen-bond donors (Lipinski definition) is 0. The Labute approximate surface area is 93.0 Å². The fourth-order valence-corrected chi connectivity index (χ4v) is 1.79. The number of alkyl halides is 1. The Hall–Kier alpha value is -1.67. The zero-order valence-corrected chi connectivity index (χ0v) is 9.00. The average Bonchev–Trinajstić information content (AvgIpc) is 2.28. The van der Waals surface area contributed by atoms with E-state index in [0.717, 1.165) is 24.2 Å². The maximum absolute atomic E-state index is 13.9. The van der Waals surface area contributed by atoms with E-state index in [1.165, 1.54) is 13.0 Å².